The molecule has 1 N–H and O–H groups in total. The van der Waals surface area contributed by atoms with Crippen LogP contribution in [0, 0.1) is 17.2 Å². The SMILES string of the molecule is CC1CCC2(CC1)NC(=O)N(CN1CCN(c3ncccc3C#N)CC1)C2=O. The van der Waals surface area contributed by atoms with Gasteiger partial charge in [0.15, 0.2) is 0 Å². The summed E-state index contributed by atoms with van der Waals surface area (Å²) in [6.07, 6.45) is 5.12. The Morgan fingerprint density at radius 2 is 1.96 bits per heavy atom. The molecule has 3 heterocycles. The molecule has 0 atom stereocenters. The van der Waals surface area contributed by atoms with Crippen LogP contribution in [0.2, 0.25) is 0 Å². The molecule has 148 valence electrons. The fraction of sp³-hybridized carbons (Fsp3) is 0.600. The van der Waals surface area contributed by atoms with E-state index < -0.39 is 5.54 Å². The molecule has 1 spiro atoms. The number of nitrogens with zero attached hydrogens (tertiary/aromatic N) is 5. The number of aromatic nitrogens is 1. The summed E-state index contributed by atoms with van der Waals surface area (Å²) < 4.78 is 0. The van der Waals surface area contributed by atoms with Crippen LogP contribution in [0.25, 0.3) is 0 Å². The van der Waals surface area contributed by atoms with Crippen LogP contribution in [0.1, 0.15) is 38.2 Å². The Morgan fingerprint density at radius 3 is 2.64 bits per heavy atom. The van der Waals surface area contributed by atoms with Gasteiger partial charge in [-0.2, -0.15) is 5.26 Å². The van der Waals surface area contributed by atoms with Crippen LogP contribution in [0.5, 0.6) is 0 Å². The average molecular weight is 382 g/mol. The van der Waals surface area contributed by atoms with Gasteiger partial charge >= 0.3 is 6.03 Å². The molecule has 0 unspecified atom stereocenters. The van der Waals surface area contributed by atoms with E-state index >= 15 is 0 Å². The monoisotopic (exact) mass is 382 g/mol. The third-order valence-corrected chi connectivity index (χ3v) is 6.29. The van der Waals surface area contributed by atoms with E-state index in [2.05, 4.69) is 33.1 Å². The van der Waals surface area contributed by atoms with Gasteiger partial charge in [0.25, 0.3) is 5.91 Å². The van der Waals surface area contributed by atoms with Crippen LogP contribution < -0.4 is 10.2 Å². The molecule has 2 saturated heterocycles. The van der Waals surface area contributed by atoms with Crippen molar-refractivity contribution in [2.45, 2.75) is 38.1 Å². The summed E-state index contributed by atoms with van der Waals surface area (Å²) in [6, 6.07) is 5.45. The largest absolute Gasteiger partial charge is 0.353 e. The van der Waals surface area contributed by atoms with E-state index in [9.17, 15) is 14.9 Å². The Balaban J connectivity index is 1.37. The van der Waals surface area contributed by atoms with Crippen molar-refractivity contribution in [1.29, 1.82) is 5.26 Å². The molecule has 0 radical (unpaired) electrons. The van der Waals surface area contributed by atoms with E-state index in [1.54, 1.807) is 18.3 Å². The highest BCUT2D eigenvalue weighted by atomic mass is 16.2. The Hall–Kier alpha value is -2.66. The molecule has 0 aromatic carbocycles. The Kier molecular flexibility index (Phi) is 4.94. The van der Waals surface area contributed by atoms with Gasteiger partial charge in [0.05, 0.1) is 12.2 Å². The normalized spacial score (nSPS) is 28.5. The van der Waals surface area contributed by atoms with Gasteiger partial charge < -0.3 is 10.2 Å². The molecular formula is C20H26N6O2. The number of amides is 3. The van der Waals surface area contributed by atoms with Gasteiger partial charge in [-0.25, -0.2) is 14.7 Å². The summed E-state index contributed by atoms with van der Waals surface area (Å²) in [7, 11) is 0. The maximum atomic E-state index is 13.0. The van der Waals surface area contributed by atoms with Crippen molar-refractivity contribution >= 4 is 17.8 Å². The van der Waals surface area contributed by atoms with Crippen LogP contribution in [-0.4, -0.2) is 65.1 Å². The summed E-state index contributed by atoms with van der Waals surface area (Å²) in [6.45, 7) is 5.36. The topological polar surface area (TPSA) is 92.6 Å². The minimum atomic E-state index is -0.679. The van der Waals surface area contributed by atoms with Crippen molar-refractivity contribution in [3.05, 3.63) is 23.9 Å². The molecule has 28 heavy (non-hydrogen) atoms. The second kappa shape index (κ2) is 7.40. The first-order chi connectivity index (χ1) is 13.5. The number of hydrogen-bond donors (Lipinski definition) is 1. The molecule has 1 aliphatic carbocycles. The zero-order chi connectivity index (χ0) is 19.7. The van der Waals surface area contributed by atoms with Gasteiger partial charge in [-0.15, -0.1) is 0 Å². The Bertz CT molecular complexity index is 803. The third-order valence-electron chi connectivity index (χ3n) is 6.29. The molecule has 8 heteroatoms. The number of anilines is 1. The van der Waals surface area contributed by atoms with Crippen LogP contribution >= 0.6 is 0 Å². The number of carbonyl (C=O) groups excluding carboxylic acids is 2. The maximum Gasteiger partial charge on any atom is 0.326 e. The van der Waals surface area contributed by atoms with Crippen molar-refractivity contribution in [2.24, 2.45) is 5.92 Å². The second-order valence-electron chi connectivity index (χ2n) is 8.16. The smallest absolute Gasteiger partial charge is 0.326 e. The number of carbonyl (C=O) groups is 2. The van der Waals surface area contributed by atoms with E-state index in [0.717, 1.165) is 25.7 Å². The van der Waals surface area contributed by atoms with E-state index in [4.69, 9.17) is 0 Å². The van der Waals surface area contributed by atoms with Crippen LogP contribution in [-0.2, 0) is 4.79 Å². The van der Waals surface area contributed by atoms with E-state index in [-0.39, 0.29) is 11.9 Å². The number of urea groups is 1. The summed E-state index contributed by atoms with van der Waals surface area (Å²) in [5, 5.41) is 12.3. The molecule has 1 aromatic rings. The second-order valence-corrected chi connectivity index (χ2v) is 8.16. The van der Waals surface area contributed by atoms with Gasteiger partial charge in [-0.1, -0.05) is 6.92 Å². The van der Waals surface area contributed by atoms with Gasteiger partial charge in [-0.05, 0) is 43.7 Å². The molecule has 3 fully saturated rings. The average Bonchev–Trinajstić information content (AvgIpc) is 2.95. The van der Waals surface area contributed by atoms with E-state index in [1.165, 1.54) is 4.90 Å². The van der Waals surface area contributed by atoms with Crippen molar-refractivity contribution < 1.29 is 9.59 Å². The van der Waals surface area contributed by atoms with Gasteiger partial charge in [0.2, 0.25) is 0 Å². The Morgan fingerprint density at radius 1 is 1.25 bits per heavy atom. The highest BCUT2D eigenvalue weighted by Gasteiger charge is 2.52. The molecular weight excluding hydrogens is 356 g/mol. The molecule has 3 amide bonds. The highest BCUT2D eigenvalue weighted by Crippen LogP contribution is 2.36. The molecule has 0 bridgehead atoms. The van der Waals surface area contributed by atoms with Crippen LogP contribution in [0.15, 0.2) is 18.3 Å². The summed E-state index contributed by atoms with van der Waals surface area (Å²) in [5.74, 6) is 1.25. The van der Waals surface area contributed by atoms with Crippen molar-refractivity contribution in [2.75, 3.05) is 37.7 Å². The third kappa shape index (κ3) is 3.31. The molecule has 3 aliphatic rings. The Labute approximate surface area is 165 Å². The lowest BCUT2D eigenvalue weighted by atomic mass is 9.77. The first-order valence-electron chi connectivity index (χ1n) is 9.99. The number of piperazine rings is 1. The number of nitriles is 1. The fourth-order valence-electron chi connectivity index (χ4n) is 4.44. The van der Waals surface area contributed by atoms with E-state index in [1.807, 2.05) is 0 Å². The summed E-state index contributed by atoms with van der Waals surface area (Å²) >= 11 is 0. The number of pyridine rings is 1. The van der Waals surface area contributed by atoms with Crippen molar-refractivity contribution in [3.8, 4) is 6.07 Å². The maximum absolute atomic E-state index is 13.0. The molecule has 2 aliphatic heterocycles. The number of nitrogens with one attached hydrogen (secondary N) is 1. The van der Waals surface area contributed by atoms with Crippen LogP contribution in [0.4, 0.5) is 10.6 Å². The molecule has 1 saturated carbocycles. The van der Waals surface area contributed by atoms with Gasteiger partial charge in [0, 0.05) is 32.4 Å². The lowest BCUT2D eigenvalue weighted by Crippen LogP contribution is -2.53. The van der Waals surface area contributed by atoms with Crippen molar-refractivity contribution in [1.82, 2.24) is 20.1 Å². The fourth-order valence-corrected chi connectivity index (χ4v) is 4.44. The molecule has 1 aromatic heterocycles. The first-order valence-corrected chi connectivity index (χ1v) is 9.99. The lowest BCUT2D eigenvalue weighted by Gasteiger charge is -2.37. The predicted molar refractivity (Wildman–Crippen MR) is 103 cm³/mol. The minimum Gasteiger partial charge on any atom is -0.353 e. The van der Waals surface area contributed by atoms with E-state index in [0.29, 0.717) is 50.1 Å². The number of hydrogen-bond acceptors (Lipinski definition) is 6. The molecule has 4 rings (SSSR count). The standard InChI is InChI=1S/C20H26N6O2/c1-15-4-6-20(7-5-15)18(27)26(19(28)23-20)14-24-9-11-25(12-10-24)17-16(13-21)3-2-8-22-17/h2-3,8,15H,4-7,9-12,14H2,1H3,(H,23,28). The quantitative estimate of drug-likeness (QED) is 0.797. The van der Waals surface area contributed by atoms with Gasteiger partial charge in [0.1, 0.15) is 17.4 Å². The number of imide groups is 1. The van der Waals surface area contributed by atoms with Gasteiger partial charge in [-0.3, -0.25) is 9.69 Å². The molecule has 8 nitrogen and oxygen atoms in total. The summed E-state index contributed by atoms with van der Waals surface area (Å²) in [4.78, 5) is 35.4. The van der Waals surface area contributed by atoms with Crippen molar-refractivity contribution in [3.63, 3.8) is 0 Å². The first kappa shape index (κ1) is 18.7. The predicted octanol–water partition coefficient (Wildman–Crippen LogP) is 1.53. The van der Waals surface area contributed by atoms with Crippen LogP contribution in [0.3, 0.4) is 0 Å². The summed E-state index contributed by atoms with van der Waals surface area (Å²) in [5.41, 5.74) is -0.111. The minimum absolute atomic E-state index is 0.0664. The zero-order valence-electron chi connectivity index (χ0n) is 16.2. The number of rotatable bonds is 3. The lowest BCUT2D eigenvalue weighted by molar-refractivity contribution is -0.134. The highest BCUT2D eigenvalue weighted by molar-refractivity contribution is 6.07. The zero-order valence-corrected chi connectivity index (χ0v) is 16.2.